The Morgan fingerprint density at radius 1 is 1.10 bits per heavy atom. The molecule has 0 unspecified atom stereocenters. The zero-order chi connectivity index (χ0) is 21.1. The fraction of sp³-hybridized carbons (Fsp3) is 0.182. The molecule has 2 amide bonds. The molecule has 0 bridgehead atoms. The van der Waals surface area contributed by atoms with Crippen LogP contribution >= 0.6 is 15.9 Å². The maximum absolute atomic E-state index is 12.8. The van der Waals surface area contributed by atoms with Gasteiger partial charge in [-0.2, -0.15) is 5.10 Å². The van der Waals surface area contributed by atoms with Crippen molar-refractivity contribution in [1.82, 2.24) is 10.4 Å². The van der Waals surface area contributed by atoms with Gasteiger partial charge in [0.2, 0.25) is 0 Å². The number of nitrogens with one attached hydrogen (secondary N) is 2. The Bertz CT molecular complexity index is 1120. The SMILES string of the molecule is Cc1c(C(=O)Nc2ccc(Br)cc2)oc2c1/C(=N/NC(=O)c1ccccn1)CCC2. The number of nitrogens with zero attached hydrogens (tertiary/aromatic N) is 2. The topological polar surface area (TPSA) is 96.6 Å². The highest BCUT2D eigenvalue weighted by Crippen LogP contribution is 2.30. The highest BCUT2D eigenvalue weighted by Gasteiger charge is 2.28. The van der Waals surface area contributed by atoms with E-state index in [9.17, 15) is 9.59 Å². The molecule has 152 valence electrons. The van der Waals surface area contributed by atoms with Crippen molar-refractivity contribution in [1.29, 1.82) is 0 Å². The summed E-state index contributed by atoms with van der Waals surface area (Å²) in [5.41, 5.74) is 5.73. The molecule has 1 aromatic carbocycles. The Morgan fingerprint density at radius 3 is 2.63 bits per heavy atom. The van der Waals surface area contributed by atoms with Crippen molar-refractivity contribution >= 4 is 39.1 Å². The lowest BCUT2D eigenvalue weighted by Crippen LogP contribution is -2.22. The second kappa shape index (κ2) is 8.62. The molecule has 1 aliphatic rings. The van der Waals surface area contributed by atoms with Crippen LogP contribution in [0.25, 0.3) is 0 Å². The Balaban J connectivity index is 1.56. The summed E-state index contributed by atoms with van der Waals surface area (Å²) in [4.78, 5) is 29.0. The zero-order valence-corrected chi connectivity index (χ0v) is 17.8. The summed E-state index contributed by atoms with van der Waals surface area (Å²) in [5, 5.41) is 7.16. The van der Waals surface area contributed by atoms with E-state index in [1.807, 2.05) is 19.1 Å². The zero-order valence-electron chi connectivity index (χ0n) is 16.2. The third-order valence-corrected chi connectivity index (χ3v) is 5.35. The van der Waals surface area contributed by atoms with E-state index in [0.717, 1.165) is 22.9 Å². The number of hydrazone groups is 1. The highest BCUT2D eigenvalue weighted by atomic mass is 79.9. The van der Waals surface area contributed by atoms with Gasteiger partial charge >= 0.3 is 0 Å². The van der Waals surface area contributed by atoms with Gasteiger partial charge < -0.3 is 9.73 Å². The van der Waals surface area contributed by atoms with Gasteiger partial charge in [0.1, 0.15) is 11.5 Å². The smallest absolute Gasteiger partial charge is 0.291 e. The number of fused-ring (bicyclic) bond motifs is 1. The predicted molar refractivity (Wildman–Crippen MR) is 117 cm³/mol. The van der Waals surface area contributed by atoms with Crippen molar-refractivity contribution in [2.24, 2.45) is 5.10 Å². The molecule has 7 nitrogen and oxygen atoms in total. The second-order valence-electron chi connectivity index (χ2n) is 6.88. The molecule has 1 aliphatic carbocycles. The minimum Gasteiger partial charge on any atom is -0.455 e. The van der Waals surface area contributed by atoms with Gasteiger partial charge in [-0.25, -0.2) is 5.43 Å². The lowest BCUT2D eigenvalue weighted by Gasteiger charge is -2.13. The molecule has 2 aromatic heterocycles. The number of amides is 2. The number of halogens is 1. The molecule has 0 spiro atoms. The summed E-state index contributed by atoms with van der Waals surface area (Å²) in [7, 11) is 0. The van der Waals surface area contributed by atoms with Crippen molar-refractivity contribution in [3.63, 3.8) is 0 Å². The van der Waals surface area contributed by atoms with E-state index in [1.165, 1.54) is 0 Å². The number of aryl methyl sites for hydroxylation is 1. The quantitative estimate of drug-likeness (QED) is 0.554. The van der Waals surface area contributed by atoms with Crippen molar-refractivity contribution in [3.8, 4) is 0 Å². The number of hydrogen-bond acceptors (Lipinski definition) is 5. The maximum atomic E-state index is 12.8. The summed E-state index contributed by atoms with van der Waals surface area (Å²) in [6.45, 7) is 1.83. The largest absolute Gasteiger partial charge is 0.455 e. The summed E-state index contributed by atoms with van der Waals surface area (Å²) in [6, 6.07) is 12.4. The molecule has 3 aromatic rings. The van der Waals surface area contributed by atoms with E-state index in [1.54, 1.807) is 36.5 Å². The Hall–Kier alpha value is -3.26. The van der Waals surface area contributed by atoms with Crippen LogP contribution in [0.2, 0.25) is 0 Å². The van der Waals surface area contributed by atoms with Crippen LogP contribution in [-0.4, -0.2) is 22.5 Å². The van der Waals surface area contributed by atoms with Gasteiger partial charge in [-0.15, -0.1) is 0 Å². The number of benzene rings is 1. The first-order valence-electron chi connectivity index (χ1n) is 9.50. The van der Waals surface area contributed by atoms with Crippen LogP contribution in [0.4, 0.5) is 5.69 Å². The average molecular weight is 467 g/mol. The van der Waals surface area contributed by atoms with Crippen LogP contribution in [-0.2, 0) is 6.42 Å². The monoisotopic (exact) mass is 466 g/mol. The van der Waals surface area contributed by atoms with Crippen LogP contribution in [0, 0.1) is 6.92 Å². The van der Waals surface area contributed by atoms with Crippen molar-refractivity contribution in [2.45, 2.75) is 26.2 Å². The van der Waals surface area contributed by atoms with Crippen molar-refractivity contribution in [2.75, 3.05) is 5.32 Å². The molecule has 0 radical (unpaired) electrons. The van der Waals surface area contributed by atoms with Crippen LogP contribution in [0.1, 0.15) is 50.8 Å². The summed E-state index contributed by atoms with van der Waals surface area (Å²) >= 11 is 3.37. The first-order chi connectivity index (χ1) is 14.5. The van der Waals surface area contributed by atoms with E-state index in [0.29, 0.717) is 29.1 Å². The van der Waals surface area contributed by atoms with Crippen molar-refractivity contribution < 1.29 is 14.0 Å². The minimum atomic E-state index is -0.385. The molecule has 0 saturated heterocycles. The van der Waals surface area contributed by atoms with E-state index in [-0.39, 0.29) is 23.3 Å². The van der Waals surface area contributed by atoms with Gasteiger partial charge in [0.15, 0.2) is 5.76 Å². The van der Waals surface area contributed by atoms with E-state index < -0.39 is 0 Å². The minimum absolute atomic E-state index is 0.258. The summed E-state index contributed by atoms with van der Waals surface area (Å²) in [5.74, 6) is 0.268. The lowest BCUT2D eigenvalue weighted by molar-refractivity contribution is 0.0948. The summed E-state index contributed by atoms with van der Waals surface area (Å²) < 4.78 is 6.82. The molecular weight excluding hydrogens is 448 g/mol. The molecule has 0 atom stereocenters. The number of anilines is 1. The molecular formula is C22H19BrN4O3. The number of hydrogen-bond donors (Lipinski definition) is 2. The number of furan rings is 1. The van der Waals surface area contributed by atoms with E-state index in [4.69, 9.17) is 4.42 Å². The Labute approximate surface area is 181 Å². The van der Waals surface area contributed by atoms with Gasteiger partial charge in [0, 0.05) is 33.9 Å². The van der Waals surface area contributed by atoms with Gasteiger partial charge in [0.25, 0.3) is 11.8 Å². The normalized spacial score (nSPS) is 14.3. The van der Waals surface area contributed by atoms with E-state index in [2.05, 4.69) is 36.8 Å². The predicted octanol–water partition coefficient (Wildman–Crippen LogP) is 4.47. The summed E-state index contributed by atoms with van der Waals surface area (Å²) in [6.07, 6.45) is 3.78. The number of aromatic nitrogens is 1. The van der Waals surface area contributed by atoms with Gasteiger partial charge in [-0.1, -0.05) is 22.0 Å². The number of pyridine rings is 1. The average Bonchev–Trinajstić information content (AvgIpc) is 3.11. The van der Waals surface area contributed by atoms with Crippen LogP contribution in [0.3, 0.4) is 0 Å². The maximum Gasteiger partial charge on any atom is 0.291 e. The third-order valence-electron chi connectivity index (χ3n) is 4.82. The second-order valence-corrected chi connectivity index (χ2v) is 7.80. The first-order valence-corrected chi connectivity index (χ1v) is 10.3. The van der Waals surface area contributed by atoms with Gasteiger partial charge in [0.05, 0.1) is 5.71 Å². The van der Waals surface area contributed by atoms with E-state index >= 15 is 0 Å². The fourth-order valence-corrected chi connectivity index (χ4v) is 3.65. The third kappa shape index (κ3) is 4.18. The standard InChI is InChI=1S/C22H19BrN4O3/c1-13-19-16(26-27-21(28)17-5-2-3-12-24-17)6-4-7-18(19)30-20(13)22(29)25-15-10-8-14(23)9-11-15/h2-3,5,8-12H,4,6-7H2,1H3,(H,25,29)(H,27,28)/b26-16+. The van der Waals surface area contributed by atoms with Crippen LogP contribution in [0.5, 0.6) is 0 Å². The fourth-order valence-electron chi connectivity index (χ4n) is 3.39. The molecule has 0 saturated carbocycles. The lowest BCUT2D eigenvalue weighted by atomic mass is 9.93. The molecule has 8 heteroatoms. The van der Waals surface area contributed by atoms with Gasteiger partial charge in [-0.3, -0.25) is 14.6 Å². The molecule has 4 rings (SSSR count). The number of carbonyl (C=O) groups excluding carboxylic acids is 2. The molecule has 0 fully saturated rings. The Morgan fingerprint density at radius 2 is 1.90 bits per heavy atom. The molecule has 2 N–H and O–H groups in total. The number of rotatable bonds is 4. The van der Waals surface area contributed by atoms with Crippen molar-refractivity contribution in [3.05, 3.63) is 81.5 Å². The molecule has 2 heterocycles. The number of carbonyl (C=O) groups is 2. The highest BCUT2D eigenvalue weighted by molar-refractivity contribution is 9.10. The first kappa shape index (κ1) is 20.0. The Kier molecular flexibility index (Phi) is 5.76. The molecule has 0 aliphatic heterocycles. The van der Waals surface area contributed by atoms with Gasteiger partial charge in [-0.05, 0) is 56.2 Å². The van der Waals surface area contributed by atoms with Crippen LogP contribution in [0.15, 0.2) is 62.7 Å². The molecule has 30 heavy (non-hydrogen) atoms. The van der Waals surface area contributed by atoms with Crippen LogP contribution < -0.4 is 10.7 Å².